The molecule has 28 heavy (non-hydrogen) atoms. The Morgan fingerprint density at radius 3 is 2.57 bits per heavy atom. The molecule has 0 aromatic heterocycles. The van der Waals surface area contributed by atoms with Gasteiger partial charge in [0.15, 0.2) is 0 Å². The van der Waals surface area contributed by atoms with Gasteiger partial charge in [-0.25, -0.2) is 4.79 Å². The number of nitrogens with one attached hydrogen (secondary N) is 1. The molecule has 6 nitrogen and oxygen atoms in total. The van der Waals surface area contributed by atoms with Crippen LogP contribution < -0.4 is 5.32 Å². The lowest BCUT2D eigenvalue weighted by molar-refractivity contribution is -0.122. The average Bonchev–Trinajstić information content (AvgIpc) is 2.95. The van der Waals surface area contributed by atoms with Crippen LogP contribution in [-0.4, -0.2) is 35.8 Å². The first kappa shape index (κ1) is 20.0. The molecule has 3 rings (SSSR count). The van der Waals surface area contributed by atoms with Crippen LogP contribution in [0.2, 0.25) is 5.02 Å². The number of rotatable bonds is 5. The summed E-state index contributed by atoms with van der Waals surface area (Å²) in [7, 11) is 1.31. The molecule has 1 aliphatic heterocycles. The zero-order chi connectivity index (χ0) is 20.3. The molecular formula is C20H17ClN2O4S. The largest absolute Gasteiger partial charge is 0.465 e. The predicted molar refractivity (Wildman–Crippen MR) is 110 cm³/mol. The molecule has 1 N–H and O–H groups in total. The lowest BCUT2D eigenvalue weighted by atomic mass is 10.1. The smallest absolute Gasteiger partial charge is 0.337 e. The van der Waals surface area contributed by atoms with Crippen molar-refractivity contribution in [2.75, 3.05) is 19.1 Å². The minimum absolute atomic E-state index is 0.0443. The van der Waals surface area contributed by atoms with E-state index in [9.17, 15) is 14.4 Å². The van der Waals surface area contributed by atoms with Crippen molar-refractivity contribution in [3.63, 3.8) is 0 Å². The van der Waals surface area contributed by atoms with Gasteiger partial charge >= 0.3 is 5.97 Å². The molecule has 0 bridgehead atoms. The van der Waals surface area contributed by atoms with Gasteiger partial charge in [0.1, 0.15) is 0 Å². The maximum atomic E-state index is 12.6. The number of carbonyl (C=O) groups excluding carboxylic acids is 3. The fourth-order valence-electron chi connectivity index (χ4n) is 2.49. The van der Waals surface area contributed by atoms with Crippen molar-refractivity contribution in [2.45, 2.75) is 6.92 Å². The maximum absolute atomic E-state index is 12.6. The highest BCUT2D eigenvalue weighted by molar-refractivity contribution is 8.18. The lowest BCUT2D eigenvalue weighted by Crippen LogP contribution is -2.33. The maximum Gasteiger partial charge on any atom is 0.337 e. The van der Waals surface area contributed by atoms with Crippen LogP contribution >= 0.6 is 23.4 Å². The summed E-state index contributed by atoms with van der Waals surface area (Å²) < 4.78 is 4.65. The van der Waals surface area contributed by atoms with Gasteiger partial charge in [0.2, 0.25) is 0 Å². The van der Waals surface area contributed by atoms with Gasteiger partial charge in [-0.1, -0.05) is 29.8 Å². The SMILES string of the molecule is COC(=O)c1ccc(/C=C2\SC(=O)N(CNc3ccc(C)c(Cl)c3)C2=O)cc1. The summed E-state index contributed by atoms with van der Waals surface area (Å²) in [6.45, 7) is 1.94. The van der Waals surface area contributed by atoms with Crippen LogP contribution in [-0.2, 0) is 9.53 Å². The summed E-state index contributed by atoms with van der Waals surface area (Å²) in [5.41, 5.74) is 2.78. The molecule has 0 aliphatic carbocycles. The van der Waals surface area contributed by atoms with Gasteiger partial charge in [0.05, 0.1) is 24.2 Å². The number of hydrogen-bond acceptors (Lipinski definition) is 6. The summed E-state index contributed by atoms with van der Waals surface area (Å²) >= 11 is 6.96. The fourth-order valence-corrected chi connectivity index (χ4v) is 3.51. The molecule has 0 spiro atoms. The first-order valence-corrected chi connectivity index (χ1v) is 9.52. The van der Waals surface area contributed by atoms with Gasteiger partial charge in [0, 0.05) is 10.7 Å². The molecule has 0 unspecified atom stereocenters. The number of amides is 2. The van der Waals surface area contributed by atoms with E-state index in [0.29, 0.717) is 21.1 Å². The molecule has 2 aromatic carbocycles. The Bertz CT molecular complexity index is 973. The Kier molecular flexibility index (Phi) is 6.06. The number of ether oxygens (including phenoxy) is 1. The van der Waals surface area contributed by atoms with Crippen LogP contribution in [0.1, 0.15) is 21.5 Å². The summed E-state index contributed by atoms with van der Waals surface area (Å²) in [6.07, 6.45) is 1.62. The lowest BCUT2D eigenvalue weighted by Gasteiger charge is -2.15. The van der Waals surface area contributed by atoms with Gasteiger partial charge in [-0.15, -0.1) is 0 Å². The van der Waals surface area contributed by atoms with E-state index in [1.807, 2.05) is 19.1 Å². The van der Waals surface area contributed by atoms with Gasteiger partial charge in [-0.3, -0.25) is 14.5 Å². The van der Waals surface area contributed by atoms with Crippen LogP contribution in [0, 0.1) is 6.92 Å². The molecule has 1 aliphatic rings. The number of benzene rings is 2. The van der Waals surface area contributed by atoms with Crippen molar-refractivity contribution in [2.24, 2.45) is 0 Å². The molecule has 1 heterocycles. The zero-order valence-electron chi connectivity index (χ0n) is 15.2. The third kappa shape index (κ3) is 4.37. The van der Waals surface area contributed by atoms with E-state index in [4.69, 9.17) is 11.6 Å². The van der Waals surface area contributed by atoms with E-state index >= 15 is 0 Å². The highest BCUT2D eigenvalue weighted by atomic mass is 35.5. The summed E-state index contributed by atoms with van der Waals surface area (Å²) in [4.78, 5) is 37.7. The number of hydrogen-bond donors (Lipinski definition) is 1. The van der Waals surface area contributed by atoms with Gasteiger partial charge in [-0.2, -0.15) is 0 Å². The minimum Gasteiger partial charge on any atom is -0.465 e. The number of methoxy groups -OCH3 is 1. The molecule has 1 fully saturated rings. The summed E-state index contributed by atoms with van der Waals surface area (Å²) in [5, 5.41) is 3.29. The van der Waals surface area contributed by atoms with E-state index in [-0.39, 0.29) is 17.8 Å². The van der Waals surface area contributed by atoms with Crippen molar-refractivity contribution < 1.29 is 19.1 Å². The summed E-state index contributed by atoms with van der Waals surface area (Å²) in [6, 6.07) is 12.0. The van der Waals surface area contributed by atoms with Gasteiger partial charge in [0.25, 0.3) is 11.1 Å². The Morgan fingerprint density at radius 2 is 1.93 bits per heavy atom. The Balaban J connectivity index is 1.69. The number of esters is 1. The Labute approximate surface area is 171 Å². The zero-order valence-corrected chi connectivity index (χ0v) is 16.8. The van der Waals surface area contributed by atoms with Crippen molar-refractivity contribution in [1.82, 2.24) is 4.90 Å². The third-order valence-corrected chi connectivity index (χ3v) is 5.43. The quantitative estimate of drug-likeness (QED) is 0.569. The Hall–Kier alpha value is -2.77. The van der Waals surface area contributed by atoms with Gasteiger partial charge in [-0.05, 0) is 60.2 Å². The first-order valence-electron chi connectivity index (χ1n) is 8.33. The normalized spacial score (nSPS) is 15.2. The molecule has 0 radical (unpaired) electrons. The summed E-state index contributed by atoms with van der Waals surface area (Å²) in [5.74, 6) is -0.813. The van der Waals surface area contributed by atoms with Crippen LogP contribution in [0.5, 0.6) is 0 Å². The van der Waals surface area contributed by atoms with Crippen molar-refractivity contribution in [1.29, 1.82) is 0 Å². The second-order valence-corrected chi connectivity index (χ2v) is 7.42. The monoisotopic (exact) mass is 416 g/mol. The fraction of sp³-hybridized carbons (Fsp3) is 0.150. The minimum atomic E-state index is -0.436. The molecule has 2 aromatic rings. The number of halogens is 1. The molecular weight excluding hydrogens is 400 g/mol. The number of carbonyl (C=O) groups is 3. The molecule has 2 amide bonds. The Morgan fingerprint density at radius 1 is 1.21 bits per heavy atom. The predicted octanol–water partition coefficient (Wildman–Crippen LogP) is 4.54. The molecule has 1 saturated heterocycles. The van der Waals surface area contributed by atoms with Crippen LogP contribution in [0.4, 0.5) is 10.5 Å². The third-order valence-electron chi connectivity index (χ3n) is 4.12. The molecule has 0 saturated carbocycles. The van der Waals surface area contributed by atoms with E-state index in [2.05, 4.69) is 10.1 Å². The topological polar surface area (TPSA) is 75.7 Å². The van der Waals surface area contributed by atoms with E-state index in [1.165, 1.54) is 7.11 Å². The van der Waals surface area contributed by atoms with E-state index < -0.39 is 5.97 Å². The molecule has 8 heteroatoms. The number of imide groups is 1. The van der Waals surface area contributed by atoms with Crippen molar-refractivity contribution in [3.05, 3.63) is 69.1 Å². The van der Waals surface area contributed by atoms with Crippen LogP contribution in [0.15, 0.2) is 47.4 Å². The molecule has 144 valence electrons. The van der Waals surface area contributed by atoms with Crippen LogP contribution in [0.3, 0.4) is 0 Å². The second kappa shape index (κ2) is 8.50. The van der Waals surface area contributed by atoms with E-state index in [1.54, 1.807) is 36.4 Å². The standard InChI is InChI=1S/C20H17ClN2O4S/c1-12-3-8-15(10-16(12)21)22-11-23-18(24)17(28-20(23)26)9-13-4-6-14(7-5-13)19(25)27-2/h3-10,22H,11H2,1-2H3/b17-9-. The van der Waals surface area contributed by atoms with Crippen molar-refractivity contribution in [3.8, 4) is 0 Å². The second-order valence-electron chi connectivity index (χ2n) is 6.02. The number of aryl methyl sites for hydroxylation is 1. The number of thioether (sulfide) groups is 1. The van der Waals surface area contributed by atoms with Crippen LogP contribution in [0.25, 0.3) is 6.08 Å². The highest BCUT2D eigenvalue weighted by Gasteiger charge is 2.34. The van der Waals surface area contributed by atoms with Gasteiger partial charge < -0.3 is 10.1 Å². The average molecular weight is 417 g/mol. The molecule has 0 atom stereocenters. The highest BCUT2D eigenvalue weighted by Crippen LogP contribution is 2.32. The number of anilines is 1. The van der Waals surface area contributed by atoms with E-state index in [0.717, 1.165) is 27.9 Å². The van der Waals surface area contributed by atoms with Crippen molar-refractivity contribution >= 4 is 52.2 Å². The number of nitrogens with zero attached hydrogens (tertiary/aromatic N) is 1. The first-order chi connectivity index (χ1) is 13.4.